The Kier molecular flexibility index (Phi) is 3.75. The summed E-state index contributed by atoms with van der Waals surface area (Å²) in [6, 6.07) is 14.5. The summed E-state index contributed by atoms with van der Waals surface area (Å²) in [5, 5.41) is 4.20. The monoisotopic (exact) mass is 296 g/mol. The lowest BCUT2D eigenvalue weighted by molar-refractivity contribution is 0.0954. The predicted molar refractivity (Wildman–Crippen MR) is 83.5 cm³/mol. The summed E-state index contributed by atoms with van der Waals surface area (Å²) in [6.45, 7) is 0.341. The second kappa shape index (κ2) is 5.85. The Balaban J connectivity index is 1.83. The van der Waals surface area contributed by atoms with E-state index in [1.807, 2.05) is 36.4 Å². The fourth-order valence-electron chi connectivity index (χ4n) is 2.01. The maximum absolute atomic E-state index is 12.1. The molecule has 2 heterocycles. The van der Waals surface area contributed by atoms with Crippen LogP contribution in [0.4, 0.5) is 0 Å². The van der Waals surface area contributed by atoms with Crippen molar-refractivity contribution in [2.75, 3.05) is 0 Å². The topological polar surface area (TPSA) is 59.1 Å². The summed E-state index contributed by atoms with van der Waals surface area (Å²) in [5.41, 5.74) is 0.777. The van der Waals surface area contributed by atoms with Crippen LogP contribution in [0.5, 0.6) is 0 Å². The number of nitrogens with zero attached hydrogens (tertiary/aromatic N) is 1. The molecule has 5 heteroatoms. The van der Waals surface area contributed by atoms with Gasteiger partial charge < -0.3 is 5.32 Å². The van der Waals surface area contributed by atoms with Crippen molar-refractivity contribution in [1.29, 1.82) is 0 Å². The molecular formula is C16H12N2O2S. The summed E-state index contributed by atoms with van der Waals surface area (Å²) in [6.07, 6.45) is 1.68. The molecule has 3 rings (SSSR count). The molecule has 1 aromatic carbocycles. The van der Waals surface area contributed by atoms with Crippen molar-refractivity contribution in [2.45, 2.75) is 6.54 Å². The van der Waals surface area contributed by atoms with E-state index in [1.54, 1.807) is 18.3 Å². The first-order valence-corrected chi connectivity index (χ1v) is 7.27. The number of nitrogens with one attached hydrogen (secondary N) is 1. The van der Waals surface area contributed by atoms with Crippen molar-refractivity contribution in [3.05, 3.63) is 74.8 Å². The molecule has 0 aliphatic rings. The van der Waals surface area contributed by atoms with E-state index in [4.69, 9.17) is 0 Å². The summed E-state index contributed by atoms with van der Waals surface area (Å²) in [5.74, 6) is -0.256. The summed E-state index contributed by atoms with van der Waals surface area (Å²) < 4.78 is -0.101. The molecule has 0 aliphatic carbocycles. The van der Waals surface area contributed by atoms with Gasteiger partial charge in [0.2, 0.25) is 4.74 Å². The molecule has 0 radical (unpaired) electrons. The van der Waals surface area contributed by atoms with E-state index in [0.29, 0.717) is 16.8 Å². The number of rotatable bonds is 3. The molecule has 0 unspecified atom stereocenters. The molecule has 0 saturated carbocycles. The smallest absolute Gasteiger partial charge is 0.261 e. The van der Waals surface area contributed by atoms with Crippen LogP contribution in [0, 0.1) is 0 Å². The number of carbonyl (C=O) groups excluding carboxylic acids is 1. The van der Waals surface area contributed by atoms with Gasteiger partial charge >= 0.3 is 0 Å². The van der Waals surface area contributed by atoms with Crippen molar-refractivity contribution >= 4 is 28.0 Å². The lowest BCUT2D eigenvalue weighted by atomic mass is 10.2. The largest absolute Gasteiger partial charge is 0.346 e. The summed E-state index contributed by atoms with van der Waals surface area (Å²) in [4.78, 5) is 28.7. The third-order valence-corrected chi connectivity index (χ3v) is 3.98. The minimum atomic E-state index is -0.256. The molecule has 0 spiro atoms. The van der Waals surface area contributed by atoms with Crippen LogP contribution in [0.3, 0.4) is 0 Å². The Morgan fingerprint density at radius 1 is 1.14 bits per heavy atom. The maximum Gasteiger partial charge on any atom is 0.261 e. The van der Waals surface area contributed by atoms with Gasteiger partial charge in [0, 0.05) is 11.6 Å². The molecule has 0 atom stereocenters. The molecule has 0 fully saturated rings. The minimum Gasteiger partial charge on any atom is -0.346 e. The zero-order valence-corrected chi connectivity index (χ0v) is 11.9. The number of amides is 1. The highest BCUT2D eigenvalue weighted by Crippen LogP contribution is 2.15. The normalized spacial score (nSPS) is 10.5. The maximum atomic E-state index is 12.1. The number of aromatic nitrogens is 1. The van der Waals surface area contributed by atoms with Gasteiger partial charge in [0.1, 0.15) is 0 Å². The Hall–Kier alpha value is -2.53. The molecule has 0 bridgehead atoms. The van der Waals surface area contributed by atoms with Crippen molar-refractivity contribution in [3.8, 4) is 0 Å². The third-order valence-electron chi connectivity index (χ3n) is 3.05. The average molecular weight is 296 g/mol. The van der Waals surface area contributed by atoms with Gasteiger partial charge in [-0.15, -0.1) is 0 Å². The Bertz CT molecular complexity index is 844. The standard InChI is InChI=1S/C16H12N2O2S/c19-15(18-10-12-6-3-4-8-17-12)14-9-11-5-1-2-7-13(11)16(20)21-14/h1-9H,10H2,(H,18,19). The van der Waals surface area contributed by atoms with Crippen LogP contribution in [0.15, 0.2) is 59.5 Å². The number of hydrogen-bond donors (Lipinski definition) is 1. The van der Waals surface area contributed by atoms with Gasteiger partial charge in [-0.3, -0.25) is 14.6 Å². The molecular weight excluding hydrogens is 284 g/mol. The van der Waals surface area contributed by atoms with E-state index in [-0.39, 0.29) is 10.6 Å². The zero-order chi connectivity index (χ0) is 14.7. The van der Waals surface area contributed by atoms with Gasteiger partial charge in [0.15, 0.2) is 0 Å². The molecule has 21 heavy (non-hydrogen) atoms. The van der Waals surface area contributed by atoms with E-state index in [9.17, 15) is 9.59 Å². The van der Waals surface area contributed by atoms with E-state index >= 15 is 0 Å². The first kappa shape index (κ1) is 13.5. The third kappa shape index (κ3) is 2.98. The van der Waals surface area contributed by atoms with Gasteiger partial charge in [-0.25, -0.2) is 0 Å². The van der Waals surface area contributed by atoms with Gasteiger partial charge in [-0.05, 0) is 29.7 Å². The number of fused-ring (bicyclic) bond motifs is 1. The molecule has 2 aromatic heterocycles. The molecule has 0 aliphatic heterocycles. The van der Waals surface area contributed by atoms with Crippen molar-refractivity contribution < 1.29 is 4.79 Å². The van der Waals surface area contributed by atoms with Crippen molar-refractivity contribution in [2.24, 2.45) is 0 Å². The van der Waals surface area contributed by atoms with Crippen LogP contribution >= 0.6 is 11.3 Å². The second-order valence-corrected chi connectivity index (χ2v) is 5.50. The van der Waals surface area contributed by atoms with Crippen LogP contribution in [0.25, 0.3) is 10.8 Å². The fraction of sp³-hybridized carbons (Fsp3) is 0.0625. The van der Waals surface area contributed by atoms with Crippen LogP contribution in [-0.4, -0.2) is 10.9 Å². The van der Waals surface area contributed by atoms with E-state index in [0.717, 1.165) is 22.4 Å². The van der Waals surface area contributed by atoms with Crippen molar-refractivity contribution in [3.63, 3.8) is 0 Å². The molecule has 1 amide bonds. The van der Waals surface area contributed by atoms with Gasteiger partial charge in [-0.1, -0.05) is 35.6 Å². The zero-order valence-electron chi connectivity index (χ0n) is 11.1. The predicted octanol–water partition coefficient (Wildman–Crippen LogP) is 2.59. The van der Waals surface area contributed by atoms with Gasteiger partial charge in [0.05, 0.1) is 17.1 Å². The Labute approximate surface area is 125 Å². The first-order chi connectivity index (χ1) is 10.2. The number of benzene rings is 1. The van der Waals surface area contributed by atoms with Crippen LogP contribution in [0.2, 0.25) is 0 Å². The average Bonchev–Trinajstić information content (AvgIpc) is 2.53. The molecule has 3 aromatic rings. The van der Waals surface area contributed by atoms with E-state index in [2.05, 4.69) is 10.3 Å². The lowest BCUT2D eigenvalue weighted by Gasteiger charge is -2.05. The Morgan fingerprint density at radius 2 is 1.95 bits per heavy atom. The fourth-order valence-corrected chi connectivity index (χ4v) is 2.85. The quantitative estimate of drug-likeness (QED) is 0.808. The molecule has 0 saturated heterocycles. The SMILES string of the molecule is O=C(NCc1ccccn1)c1cc2ccccc2c(=O)s1. The molecule has 1 N–H and O–H groups in total. The first-order valence-electron chi connectivity index (χ1n) is 6.45. The molecule has 104 valence electrons. The van der Waals surface area contributed by atoms with Gasteiger partial charge in [-0.2, -0.15) is 0 Å². The van der Waals surface area contributed by atoms with Crippen LogP contribution in [0.1, 0.15) is 15.4 Å². The molecule has 4 nitrogen and oxygen atoms in total. The highest BCUT2D eigenvalue weighted by Gasteiger charge is 2.10. The van der Waals surface area contributed by atoms with Gasteiger partial charge in [0.25, 0.3) is 5.91 Å². The van der Waals surface area contributed by atoms with E-state index < -0.39 is 0 Å². The highest BCUT2D eigenvalue weighted by atomic mass is 32.1. The van der Waals surface area contributed by atoms with E-state index in [1.165, 1.54) is 0 Å². The lowest BCUT2D eigenvalue weighted by Crippen LogP contribution is -2.23. The number of pyridine rings is 1. The number of carbonyl (C=O) groups is 1. The van der Waals surface area contributed by atoms with Crippen LogP contribution in [-0.2, 0) is 6.54 Å². The number of hydrogen-bond acceptors (Lipinski definition) is 4. The summed E-state index contributed by atoms with van der Waals surface area (Å²) in [7, 11) is 0. The van der Waals surface area contributed by atoms with Crippen molar-refractivity contribution in [1.82, 2.24) is 10.3 Å². The second-order valence-electron chi connectivity index (χ2n) is 4.49. The summed E-state index contributed by atoms with van der Waals surface area (Å²) >= 11 is 0.962. The van der Waals surface area contributed by atoms with Crippen LogP contribution < -0.4 is 10.1 Å². The minimum absolute atomic E-state index is 0.101. The highest BCUT2D eigenvalue weighted by molar-refractivity contribution is 7.12. The Morgan fingerprint density at radius 3 is 2.76 bits per heavy atom.